The Labute approximate surface area is 195 Å². The lowest BCUT2D eigenvalue weighted by molar-refractivity contribution is -0.00810. The van der Waals surface area contributed by atoms with Gasteiger partial charge in [-0.25, -0.2) is 13.1 Å². The highest BCUT2D eigenvalue weighted by Crippen LogP contribution is 2.56. The molecule has 0 saturated heterocycles. The zero-order valence-electron chi connectivity index (χ0n) is 18.1. The summed E-state index contributed by atoms with van der Waals surface area (Å²) in [5.74, 6) is 2.75. The molecule has 4 saturated carbocycles. The second-order valence-corrected chi connectivity index (χ2v) is 11.7. The van der Waals surface area contributed by atoms with Crippen molar-refractivity contribution in [1.29, 1.82) is 0 Å². The Kier molecular flexibility index (Phi) is 5.63. The molecule has 4 bridgehead atoms. The van der Waals surface area contributed by atoms with Crippen LogP contribution in [0, 0.1) is 17.8 Å². The molecule has 0 aliphatic heterocycles. The highest BCUT2D eigenvalue weighted by atomic mass is 32.2. The second-order valence-electron chi connectivity index (χ2n) is 9.61. The average Bonchev–Trinajstić information content (AvgIpc) is 2.72. The fourth-order valence-electron chi connectivity index (χ4n) is 6.33. The van der Waals surface area contributed by atoms with Gasteiger partial charge in [0.1, 0.15) is 5.75 Å². The number of para-hydroxylation sites is 2. The third kappa shape index (κ3) is 4.36. The summed E-state index contributed by atoms with van der Waals surface area (Å²) in [7, 11) is -1.96. The van der Waals surface area contributed by atoms with Gasteiger partial charge in [-0.3, -0.25) is 0 Å². The van der Waals surface area contributed by atoms with Crippen LogP contribution in [0.15, 0.2) is 53.4 Å². The first-order valence-electron chi connectivity index (χ1n) is 11.2. The minimum atomic E-state index is -3.57. The van der Waals surface area contributed by atoms with E-state index >= 15 is 0 Å². The van der Waals surface area contributed by atoms with E-state index in [-0.39, 0.29) is 5.54 Å². The molecule has 2 aromatic carbocycles. The molecule has 8 heteroatoms. The van der Waals surface area contributed by atoms with E-state index in [0.717, 1.165) is 24.9 Å². The van der Waals surface area contributed by atoms with Gasteiger partial charge in [-0.05, 0) is 105 Å². The summed E-state index contributed by atoms with van der Waals surface area (Å²) in [6.45, 7) is 0. The summed E-state index contributed by atoms with van der Waals surface area (Å²) in [4.78, 5) is 0.294. The molecule has 3 N–H and O–H groups in total. The van der Waals surface area contributed by atoms with E-state index < -0.39 is 10.0 Å². The van der Waals surface area contributed by atoms with Crippen LogP contribution in [0.4, 0.5) is 11.4 Å². The van der Waals surface area contributed by atoms with Crippen LogP contribution in [-0.2, 0) is 10.0 Å². The zero-order chi connectivity index (χ0) is 22.3. The molecule has 4 aliphatic rings. The molecule has 6 rings (SSSR count). The van der Waals surface area contributed by atoms with E-state index in [2.05, 4.69) is 15.4 Å². The number of sulfonamides is 1. The number of rotatable bonds is 6. The third-order valence-corrected chi connectivity index (χ3v) is 8.97. The summed E-state index contributed by atoms with van der Waals surface area (Å²) in [6, 6.07) is 14.3. The average molecular weight is 472 g/mol. The molecule has 0 amide bonds. The number of hydrogen-bond acceptors (Lipinski definition) is 4. The van der Waals surface area contributed by atoms with Crippen molar-refractivity contribution in [2.75, 3.05) is 17.7 Å². The summed E-state index contributed by atoms with van der Waals surface area (Å²) in [5, 5.41) is 6.60. The number of methoxy groups -OCH3 is 1. The Bertz CT molecular complexity index is 1080. The van der Waals surface area contributed by atoms with Gasteiger partial charge in [-0.15, -0.1) is 0 Å². The molecule has 2 aromatic rings. The fraction of sp³-hybridized carbons (Fsp3) is 0.458. The van der Waals surface area contributed by atoms with Crippen LogP contribution in [0.3, 0.4) is 0 Å². The summed E-state index contributed by atoms with van der Waals surface area (Å²) in [5.41, 5.74) is 1.22. The lowest BCUT2D eigenvalue weighted by Gasteiger charge is -2.56. The number of benzene rings is 2. The van der Waals surface area contributed by atoms with Crippen LogP contribution in [0.2, 0.25) is 0 Å². The van der Waals surface area contributed by atoms with Gasteiger partial charge >= 0.3 is 0 Å². The van der Waals surface area contributed by atoms with Crippen LogP contribution in [-0.4, -0.2) is 26.2 Å². The number of anilines is 2. The molecule has 32 heavy (non-hydrogen) atoms. The zero-order valence-corrected chi connectivity index (χ0v) is 19.8. The predicted molar refractivity (Wildman–Crippen MR) is 131 cm³/mol. The van der Waals surface area contributed by atoms with Gasteiger partial charge < -0.3 is 15.4 Å². The van der Waals surface area contributed by atoms with Gasteiger partial charge in [-0.1, -0.05) is 12.1 Å². The first-order chi connectivity index (χ1) is 15.3. The van der Waals surface area contributed by atoms with Crippen molar-refractivity contribution < 1.29 is 13.2 Å². The Morgan fingerprint density at radius 1 is 0.938 bits per heavy atom. The third-order valence-electron chi connectivity index (χ3n) is 7.17. The molecule has 0 aromatic heterocycles. The van der Waals surface area contributed by atoms with Gasteiger partial charge in [0.25, 0.3) is 0 Å². The maximum atomic E-state index is 13.2. The van der Waals surface area contributed by atoms with Crippen LogP contribution in [0.25, 0.3) is 0 Å². The van der Waals surface area contributed by atoms with Crippen molar-refractivity contribution in [2.45, 2.75) is 49.0 Å². The highest BCUT2D eigenvalue weighted by Gasteiger charge is 2.52. The van der Waals surface area contributed by atoms with E-state index in [9.17, 15) is 8.42 Å². The van der Waals surface area contributed by atoms with E-state index in [1.54, 1.807) is 31.4 Å². The first-order valence-corrected chi connectivity index (χ1v) is 13.1. The van der Waals surface area contributed by atoms with Crippen molar-refractivity contribution in [3.05, 3.63) is 48.5 Å². The smallest absolute Gasteiger partial charge is 0.241 e. The largest absolute Gasteiger partial charge is 0.495 e. The predicted octanol–water partition coefficient (Wildman–Crippen LogP) is 4.75. The van der Waals surface area contributed by atoms with Crippen molar-refractivity contribution in [2.24, 2.45) is 17.8 Å². The fourth-order valence-corrected chi connectivity index (χ4v) is 7.99. The highest BCUT2D eigenvalue weighted by molar-refractivity contribution is 7.89. The Morgan fingerprint density at radius 3 is 2.12 bits per heavy atom. The van der Waals surface area contributed by atoms with Crippen molar-refractivity contribution in [3.8, 4) is 5.75 Å². The second kappa shape index (κ2) is 8.32. The van der Waals surface area contributed by atoms with E-state index in [1.807, 2.05) is 24.3 Å². The molecule has 4 fully saturated rings. The molecule has 0 spiro atoms. The topological polar surface area (TPSA) is 79.5 Å². The van der Waals surface area contributed by atoms with E-state index in [0.29, 0.717) is 39.2 Å². The first kappa shape index (κ1) is 21.7. The lowest BCUT2D eigenvalue weighted by atomic mass is 9.53. The quantitative estimate of drug-likeness (QED) is 0.528. The molecule has 6 nitrogen and oxygen atoms in total. The molecule has 4 aliphatic carbocycles. The Morgan fingerprint density at radius 2 is 1.53 bits per heavy atom. The van der Waals surface area contributed by atoms with Crippen molar-refractivity contribution in [1.82, 2.24) is 4.72 Å². The maximum Gasteiger partial charge on any atom is 0.241 e. The van der Waals surface area contributed by atoms with Gasteiger partial charge in [0.2, 0.25) is 10.0 Å². The minimum Gasteiger partial charge on any atom is -0.495 e. The van der Waals surface area contributed by atoms with Crippen LogP contribution < -0.4 is 20.1 Å². The van der Waals surface area contributed by atoms with E-state index in [1.165, 1.54) is 19.3 Å². The molecular weight excluding hydrogens is 442 g/mol. The van der Waals surface area contributed by atoms with Crippen molar-refractivity contribution in [3.63, 3.8) is 0 Å². The molecule has 170 valence electrons. The van der Waals surface area contributed by atoms with Crippen LogP contribution in [0.5, 0.6) is 5.75 Å². The molecule has 0 atom stereocenters. The molecular formula is C24H29N3O3S2. The Balaban J connectivity index is 1.24. The van der Waals surface area contributed by atoms with Crippen molar-refractivity contribution >= 4 is 38.7 Å². The summed E-state index contributed by atoms with van der Waals surface area (Å²) < 4.78 is 34.8. The van der Waals surface area contributed by atoms with E-state index in [4.69, 9.17) is 17.0 Å². The Hall–Kier alpha value is -2.16. The number of ether oxygens (including phenoxy) is 1. The van der Waals surface area contributed by atoms with Gasteiger partial charge in [0.15, 0.2) is 5.11 Å². The molecule has 0 unspecified atom stereocenters. The van der Waals surface area contributed by atoms with Crippen LogP contribution in [0.1, 0.15) is 38.5 Å². The maximum absolute atomic E-state index is 13.2. The number of hydrogen-bond donors (Lipinski definition) is 3. The summed E-state index contributed by atoms with van der Waals surface area (Å²) >= 11 is 5.39. The normalized spacial score (nSPS) is 28.3. The summed E-state index contributed by atoms with van der Waals surface area (Å²) in [6.07, 6.45) is 6.81. The lowest BCUT2D eigenvalue weighted by Crippen LogP contribution is -2.59. The minimum absolute atomic E-state index is 0.245. The molecule has 0 radical (unpaired) electrons. The molecule has 0 heterocycles. The SMILES string of the molecule is COc1ccccc1NC(=S)Nc1ccc(S(=O)(=O)NC23CC4CC(CC(C4)C2)C3)cc1. The van der Waals surface area contributed by atoms with Gasteiger partial charge in [-0.2, -0.15) is 0 Å². The number of thiocarbonyl (C=S) groups is 1. The standard InChI is InChI=1S/C24H29N3O3S2/c1-30-22-5-3-2-4-21(22)26-23(31)25-19-6-8-20(9-7-19)32(28,29)27-24-13-16-10-17(14-24)12-18(11-16)15-24/h2-9,16-18,27H,10-15H2,1H3,(H2,25,26,31). The number of nitrogens with one attached hydrogen (secondary N) is 3. The van der Waals surface area contributed by atoms with Gasteiger partial charge in [0, 0.05) is 11.2 Å². The monoisotopic (exact) mass is 471 g/mol. The van der Waals surface area contributed by atoms with Gasteiger partial charge in [0.05, 0.1) is 17.7 Å². The van der Waals surface area contributed by atoms with Crippen LogP contribution >= 0.6 is 12.2 Å².